The number of carbonyl (C=O) groups is 1. The lowest BCUT2D eigenvalue weighted by Crippen LogP contribution is -2.39. The number of rotatable bonds is 3. The summed E-state index contributed by atoms with van der Waals surface area (Å²) in [7, 11) is 0. The van der Waals surface area contributed by atoms with Crippen LogP contribution in [0.5, 0.6) is 0 Å². The summed E-state index contributed by atoms with van der Waals surface area (Å²) in [5.74, 6) is -0.348. The zero-order valence-corrected chi connectivity index (χ0v) is 13.2. The summed E-state index contributed by atoms with van der Waals surface area (Å²) in [5.41, 5.74) is 0.361. The summed E-state index contributed by atoms with van der Waals surface area (Å²) in [6.07, 6.45) is 2.67. The third-order valence-corrected chi connectivity index (χ3v) is 4.12. The number of amides is 1. The Hall–Kier alpha value is -3.47. The standard InChI is InChI=1S/C17H14N4O4/c18-9-13-8-14(21(24)25)10-19(17(13)23)11-16(22)20-7-3-5-12-4-1-2-6-15(12)20/h1-2,4,6,8,10H,3,5,7,11H2. The molecule has 0 fully saturated rings. The molecule has 3 rings (SSSR count). The minimum absolute atomic E-state index is 0.348. The number of nitrogens with zero attached hydrogens (tertiary/aromatic N) is 4. The van der Waals surface area contributed by atoms with Crippen LogP contribution in [0.2, 0.25) is 0 Å². The minimum atomic E-state index is -0.716. The van der Waals surface area contributed by atoms with Crippen LogP contribution in [0, 0.1) is 21.4 Å². The molecule has 2 heterocycles. The maximum atomic E-state index is 12.7. The summed E-state index contributed by atoms with van der Waals surface area (Å²) in [6, 6.07) is 10.1. The van der Waals surface area contributed by atoms with Crippen LogP contribution in [0.15, 0.2) is 41.3 Å². The number of aromatic nitrogens is 1. The topological polar surface area (TPSA) is 109 Å². The minimum Gasteiger partial charge on any atom is -0.311 e. The second kappa shape index (κ2) is 6.57. The highest BCUT2D eigenvalue weighted by Gasteiger charge is 2.23. The maximum absolute atomic E-state index is 12.7. The van der Waals surface area contributed by atoms with Crippen LogP contribution in [-0.2, 0) is 17.8 Å². The highest BCUT2D eigenvalue weighted by atomic mass is 16.6. The molecular formula is C17H14N4O4. The summed E-state index contributed by atoms with van der Waals surface area (Å²) in [4.78, 5) is 36.7. The molecule has 0 unspecified atom stereocenters. The fourth-order valence-corrected chi connectivity index (χ4v) is 2.94. The van der Waals surface area contributed by atoms with E-state index in [1.807, 2.05) is 24.3 Å². The number of aryl methyl sites for hydroxylation is 1. The van der Waals surface area contributed by atoms with Gasteiger partial charge < -0.3 is 4.90 Å². The molecule has 1 amide bonds. The van der Waals surface area contributed by atoms with E-state index in [4.69, 9.17) is 5.26 Å². The second-order valence-electron chi connectivity index (χ2n) is 5.69. The Bertz CT molecular complexity index is 958. The van der Waals surface area contributed by atoms with E-state index in [9.17, 15) is 19.7 Å². The Morgan fingerprint density at radius 2 is 2.12 bits per heavy atom. The zero-order chi connectivity index (χ0) is 18.0. The Kier molecular flexibility index (Phi) is 4.31. The van der Waals surface area contributed by atoms with Crippen molar-refractivity contribution in [2.45, 2.75) is 19.4 Å². The van der Waals surface area contributed by atoms with Gasteiger partial charge in [0, 0.05) is 18.3 Å². The molecule has 1 aliphatic heterocycles. The van der Waals surface area contributed by atoms with Gasteiger partial charge in [-0.15, -0.1) is 0 Å². The van der Waals surface area contributed by atoms with Crippen LogP contribution in [-0.4, -0.2) is 21.9 Å². The van der Waals surface area contributed by atoms with Crippen LogP contribution in [0.4, 0.5) is 11.4 Å². The molecule has 8 heteroatoms. The predicted octanol–water partition coefficient (Wildman–Crippen LogP) is 1.61. The van der Waals surface area contributed by atoms with E-state index < -0.39 is 16.2 Å². The third kappa shape index (κ3) is 3.12. The van der Waals surface area contributed by atoms with Gasteiger partial charge >= 0.3 is 0 Å². The van der Waals surface area contributed by atoms with Gasteiger partial charge in [-0.1, -0.05) is 18.2 Å². The van der Waals surface area contributed by atoms with E-state index in [2.05, 4.69) is 0 Å². The van der Waals surface area contributed by atoms with Crippen molar-refractivity contribution in [3.05, 3.63) is 68.1 Å². The summed E-state index contributed by atoms with van der Waals surface area (Å²) < 4.78 is 0.927. The molecule has 2 aromatic rings. The van der Waals surface area contributed by atoms with Gasteiger partial charge in [0.2, 0.25) is 5.91 Å². The Morgan fingerprint density at radius 1 is 1.36 bits per heavy atom. The van der Waals surface area contributed by atoms with Gasteiger partial charge in [0.25, 0.3) is 11.2 Å². The van der Waals surface area contributed by atoms with E-state index >= 15 is 0 Å². The van der Waals surface area contributed by atoms with Crippen molar-refractivity contribution in [1.29, 1.82) is 5.26 Å². The number of fused-ring (bicyclic) bond motifs is 1. The van der Waals surface area contributed by atoms with Crippen LogP contribution < -0.4 is 10.5 Å². The first-order chi connectivity index (χ1) is 12.0. The lowest BCUT2D eigenvalue weighted by Gasteiger charge is -2.29. The van der Waals surface area contributed by atoms with Crippen molar-refractivity contribution in [3.8, 4) is 6.07 Å². The highest BCUT2D eigenvalue weighted by molar-refractivity contribution is 5.94. The summed E-state index contributed by atoms with van der Waals surface area (Å²) in [6.45, 7) is 0.161. The predicted molar refractivity (Wildman–Crippen MR) is 89.2 cm³/mol. The number of pyridine rings is 1. The molecule has 0 atom stereocenters. The molecule has 8 nitrogen and oxygen atoms in total. The monoisotopic (exact) mass is 338 g/mol. The molecule has 1 aromatic heterocycles. The smallest absolute Gasteiger partial charge is 0.287 e. The fourth-order valence-electron chi connectivity index (χ4n) is 2.94. The van der Waals surface area contributed by atoms with Crippen LogP contribution >= 0.6 is 0 Å². The van der Waals surface area contributed by atoms with Gasteiger partial charge in [0.1, 0.15) is 18.2 Å². The first-order valence-electron chi connectivity index (χ1n) is 7.68. The molecule has 25 heavy (non-hydrogen) atoms. The molecule has 0 saturated carbocycles. The molecule has 0 radical (unpaired) electrons. The number of benzene rings is 1. The van der Waals surface area contributed by atoms with Gasteiger partial charge in [-0.25, -0.2) is 0 Å². The summed E-state index contributed by atoms with van der Waals surface area (Å²) >= 11 is 0. The second-order valence-corrected chi connectivity index (χ2v) is 5.69. The largest absolute Gasteiger partial charge is 0.311 e. The molecule has 0 saturated heterocycles. The number of nitro groups is 1. The van der Waals surface area contributed by atoms with Crippen molar-refractivity contribution >= 4 is 17.3 Å². The third-order valence-electron chi connectivity index (χ3n) is 4.12. The molecule has 0 N–H and O–H groups in total. The van der Waals surface area contributed by atoms with Crippen LogP contribution in [0.3, 0.4) is 0 Å². The van der Waals surface area contributed by atoms with Crippen molar-refractivity contribution < 1.29 is 9.72 Å². The van der Waals surface area contributed by atoms with E-state index in [-0.39, 0.29) is 18.0 Å². The first-order valence-corrected chi connectivity index (χ1v) is 7.68. The van der Waals surface area contributed by atoms with Crippen molar-refractivity contribution in [2.75, 3.05) is 11.4 Å². The molecule has 126 valence electrons. The molecule has 0 bridgehead atoms. The van der Waals surface area contributed by atoms with Crippen LogP contribution in [0.1, 0.15) is 17.5 Å². The Balaban J connectivity index is 1.95. The first kappa shape index (κ1) is 16.4. The number of nitriles is 1. The van der Waals surface area contributed by atoms with Gasteiger partial charge in [-0.3, -0.25) is 24.3 Å². The van der Waals surface area contributed by atoms with Crippen molar-refractivity contribution in [1.82, 2.24) is 4.57 Å². The Morgan fingerprint density at radius 3 is 2.84 bits per heavy atom. The SMILES string of the molecule is N#Cc1cc([N+](=O)[O-])cn(CC(=O)N2CCCc3ccccc32)c1=O. The molecular weight excluding hydrogens is 324 g/mol. The number of para-hydroxylation sites is 1. The number of hydrogen-bond donors (Lipinski definition) is 0. The highest BCUT2D eigenvalue weighted by Crippen LogP contribution is 2.26. The van der Waals surface area contributed by atoms with E-state index in [0.29, 0.717) is 6.54 Å². The molecule has 0 spiro atoms. The fraction of sp³-hybridized carbons (Fsp3) is 0.235. The van der Waals surface area contributed by atoms with E-state index in [1.54, 1.807) is 11.0 Å². The average Bonchev–Trinajstić information content (AvgIpc) is 2.62. The van der Waals surface area contributed by atoms with Gasteiger partial charge in [0.05, 0.1) is 11.1 Å². The molecule has 1 aliphatic rings. The van der Waals surface area contributed by atoms with E-state index in [0.717, 1.165) is 40.9 Å². The van der Waals surface area contributed by atoms with Crippen molar-refractivity contribution in [2.24, 2.45) is 0 Å². The quantitative estimate of drug-likeness (QED) is 0.624. The maximum Gasteiger partial charge on any atom is 0.287 e. The van der Waals surface area contributed by atoms with Crippen molar-refractivity contribution in [3.63, 3.8) is 0 Å². The van der Waals surface area contributed by atoms with Crippen LogP contribution in [0.25, 0.3) is 0 Å². The lowest BCUT2D eigenvalue weighted by atomic mass is 10.0. The number of hydrogen-bond acceptors (Lipinski definition) is 5. The summed E-state index contributed by atoms with van der Waals surface area (Å²) in [5, 5.41) is 19.9. The van der Waals surface area contributed by atoms with Gasteiger partial charge in [0.15, 0.2) is 0 Å². The lowest BCUT2D eigenvalue weighted by molar-refractivity contribution is -0.385. The van der Waals surface area contributed by atoms with Gasteiger partial charge in [-0.2, -0.15) is 5.26 Å². The number of carbonyl (C=O) groups excluding carboxylic acids is 1. The molecule has 0 aliphatic carbocycles. The average molecular weight is 338 g/mol. The van der Waals surface area contributed by atoms with Gasteiger partial charge in [-0.05, 0) is 24.5 Å². The van der Waals surface area contributed by atoms with E-state index in [1.165, 1.54) is 0 Å². The zero-order valence-electron chi connectivity index (χ0n) is 13.2. The number of anilines is 1. The normalized spacial score (nSPS) is 13.0. The Labute approximate surface area is 142 Å². The molecule has 1 aromatic carbocycles.